The average Bonchev–Trinajstić information content (AvgIpc) is 2.79. The van der Waals surface area contributed by atoms with Crippen molar-refractivity contribution in [2.45, 2.75) is 52.1 Å². The van der Waals surface area contributed by atoms with Gasteiger partial charge in [-0.05, 0) is 50.3 Å². The fraction of sp³-hybridized carbons (Fsp3) is 0.556. The molecule has 0 saturated heterocycles. The molecule has 1 saturated carbocycles. The molecule has 22 heavy (non-hydrogen) atoms. The minimum atomic E-state index is -0.512. The fourth-order valence-electron chi connectivity index (χ4n) is 3.78. The largest absolute Gasteiger partial charge is 0.382 e. The third-order valence-corrected chi connectivity index (χ3v) is 5.67. The highest BCUT2D eigenvalue weighted by Crippen LogP contribution is 2.47. The summed E-state index contributed by atoms with van der Waals surface area (Å²) in [5, 5.41) is 0. The summed E-state index contributed by atoms with van der Waals surface area (Å²) in [4.78, 5) is 9.88. The molecule has 4 heteroatoms. The van der Waals surface area contributed by atoms with Crippen LogP contribution in [0.3, 0.4) is 0 Å². The number of amidine groups is 1. The smallest absolute Gasteiger partial charge is 0.181 e. The summed E-state index contributed by atoms with van der Waals surface area (Å²) in [7, 11) is 0. The van der Waals surface area contributed by atoms with Crippen LogP contribution in [-0.4, -0.2) is 11.5 Å². The Bertz CT molecular complexity index is 622. The maximum absolute atomic E-state index is 6.12. The Morgan fingerprint density at radius 2 is 1.82 bits per heavy atom. The van der Waals surface area contributed by atoms with Gasteiger partial charge in [0.05, 0.1) is 5.71 Å². The third-order valence-electron chi connectivity index (χ3n) is 5.18. The first-order valence-electron chi connectivity index (χ1n) is 8.11. The van der Waals surface area contributed by atoms with E-state index in [1.807, 2.05) is 6.92 Å². The van der Waals surface area contributed by atoms with E-state index in [1.54, 1.807) is 0 Å². The van der Waals surface area contributed by atoms with Crippen molar-refractivity contribution in [1.82, 2.24) is 0 Å². The second kappa shape index (κ2) is 5.80. The number of aryl methyl sites for hydroxylation is 1. The number of hydrogen-bond donors (Lipinski definition) is 1. The lowest BCUT2D eigenvalue weighted by Gasteiger charge is -2.38. The first kappa shape index (κ1) is 15.7. The molecule has 2 aliphatic rings. The maximum atomic E-state index is 6.12. The number of nitrogens with two attached hydrogens (primary N) is 1. The first-order chi connectivity index (χ1) is 10.4. The van der Waals surface area contributed by atoms with Crippen molar-refractivity contribution in [3.63, 3.8) is 0 Å². The summed E-state index contributed by atoms with van der Waals surface area (Å²) >= 11 is 3.60. The van der Waals surface area contributed by atoms with E-state index >= 15 is 0 Å². The molecule has 3 nitrogen and oxygen atoms in total. The van der Waals surface area contributed by atoms with Crippen molar-refractivity contribution in [2.75, 3.05) is 0 Å². The zero-order valence-corrected chi connectivity index (χ0v) is 15.2. The highest BCUT2D eigenvalue weighted by Gasteiger charge is 2.45. The Morgan fingerprint density at radius 1 is 1.14 bits per heavy atom. The Hall–Kier alpha value is -1.16. The highest BCUT2D eigenvalue weighted by atomic mass is 79.9. The maximum Gasteiger partial charge on any atom is 0.181 e. The number of rotatable bonds is 2. The molecule has 0 bridgehead atoms. The number of benzene rings is 1. The standard InChI is InChI=1S/C18H24BrN3/c1-11-4-7-14(8-5-11)18(21-13(3)17(20)22-18)16-10-15(19)9-6-12(16)2/h6,9-11,14H,4-5,7-8H2,1-3H3,(H2,20,22). The molecule has 2 N–H and O–H groups in total. The van der Waals surface area contributed by atoms with Gasteiger partial charge < -0.3 is 5.73 Å². The monoisotopic (exact) mass is 361 g/mol. The minimum Gasteiger partial charge on any atom is -0.382 e. The van der Waals surface area contributed by atoms with Gasteiger partial charge in [-0.2, -0.15) is 0 Å². The summed E-state index contributed by atoms with van der Waals surface area (Å²) in [5.74, 6) is 1.84. The van der Waals surface area contributed by atoms with Crippen molar-refractivity contribution < 1.29 is 0 Å². The second-order valence-electron chi connectivity index (χ2n) is 6.84. The van der Waals surface area contributed by atoms with Crippen LogP contribution >= 0.6 is 15.9 Å². The number of nitrogens with zero attached hydrogens (tertiary/aromatic N) is 2. The lowest BCUT2D eigenvalue weighted by Crippen LogP contribution is -2.34. The van der Waals surface area contributed by atoms with Gasteiger partial charge in [0.25, 0.3) is 0 Å². The normalized spacial score (nSPS) is 31.8. The van der Waals surface area contributed by atoms with E-state index in [0.717, 1.165) is 16.1 Å². The van der Waals surface area contributed by atoms with Crippen molar-refractivity contribution >= 4 is 27.5 Å². The van der Waals surface area contributed by atoms with Gasteiger partial charge in [-0.15, -0.1) is 0 Å². The van der Waals surface area contributed by atoms with Crippen LogP contribution in [0.25, 0.3) is 0 Å². The van der Waals surface area contributed by atoms with Gasteiger partial charge in [0.2, 0.25) is 0 Å². The van der Waals surface area contributed by atoms with Gasteiger partial charge in [0, 0.05) is 16.0 Å². The fourth-order valence-corrected chi connectivity index (χ4v) is 4.14. The summed E-state index contributed by atoms with van der Waals surface area (Å²) in [5.41, 5.74) is 8.91. The molecule has 0 amide bonds. The van der Waals surface area contributed by atoms with E-state index in [2.05, 4.69) is 48.0 Å². The Kier molecular flexibility index (Phi) is 4.15. The van der Waals surface area contributed by atoms with E-state index in [4.69, 9.17) is 15.7 Å². The van der Waals surface area contributed by atoms with Crippen molar-refractivity contribution in [2.24, 2.45) is 27.6 Å². The molecule has 3 rings (SSSR count). The molecule has 1 aromatic rings. The average molecular weight is 362 g/mol. The molecule has 0 aromatic heterocycles. The van der Waals surface area contributed by atoms with Crippen LogP contribution in [0.15, 0.2) is 32.7 Å². The Morgan fingerprint density at radius 3 is 2.41 bits per heavy atom. The van der Waals surface area contributed by atoms with E-state index in [0.29, 0.717) is 11.8 Å². The molecule has 1 atom stereocenters. The summed E-state index contributed by atoms with van der Waals surface area (Å²) in [6, 6.07) is 6.39. The molecule has 1 fully saturated rings. The highest BCUT2D eigenvalue weighted by molar-refractivity contribution is 9.10. The van der Waals surface area contributed by atoms with Crippen LogP contribution in [-0.2, 0) is 5.66 Å². The van der Waals surface area contributed by atoms with Crippen molar-refractivity contribution in [1.29, 1.82) is 0 Å². The van der Waals surface area contributed by atoms with Gasteiger partial charge in [-0.1, -0.05) is 41.8 Å². The van der Waals surface area contributed by atoms with Gasteiger partial charge in [-0.25, -0.2) is 4.99 Å². The lowest BCUT2D eigenvalue weighted by molar-refractivity contribution is 0.189. The zero-order valence-electron chi connectivity index (χ0n) is 13.6. The van der Waals surface area contributed by atoms with E-state index in [-0.39, 0.29) is 0 Å². The summed E-state index contributed by atoms with van der Waals surface area (Å²) in [6.45, 7) is 6.46. The van der Waals surface area contributed by atoms with Gasteiger partial charge >= 0.3 is 0 Å². The van der Waals surface area contributed by atoms with E-state index in [9.17, 15) is 0 Å². The molecule has 1 aliphatic heterocycles. The number of halogens is 1. The molecule has 1 aliphatic carbocycles. The van der Waals surface area contributed by atoms with Gasteiger partial charge in [0.15, 0.2) is 5.66 Å². The summed E-state index contributed by atoms with van der Waals surface area (Å²) in [6.07, 6.45) is 4.84. The van der Waals surface area contributed by atoms with Crippen LogP contribution in [0, 0.1) is 18.8 Å². The van der Waals surface area contributed by atoms with E-state index in [1.165, 1.54) is 36.8 Å². The molecule has 1 unspecified atom stereocenters. The minimum absolute atomic E-state index is 0.438. The van der Waals surface area contributed by atoms with Crippen LogP contribution in [0.5, 0.6) is 0 Å². The quantitative estimate of drug-likeness (QED) is 0.823. The predicted octanol–water partition coefficient (Wildman–Crippen LogP) is 4.57. The zero-order chi connectivity index (χ0) is 15.9. The second-order valence-corrected chi connectivity index (χ2v) is 7.75. The first-order valence-corrected chi connectivity index (χ1v) is 8.90. The van der Waals surface area contributed by atoms with Crippen LogP contribution < -0.4 is 5.73 Å². The van der Waals surface area contributed by atoms with Crippen LogP contribution in [0.1, 0.15) is 50.7 Å². The van der Waals surface area contributed by atoms with Crippen LogP contribution in [0.4, 0.5) is 0 Å². The van der Waals surface area contributed by atoms with Gasteiger partial charge in [-0.3, -0.25) is 4.99 Å². The number of aliphatic imine (C=N–C) groups is 2. The SMILES string of the molecule is CC1=NC(c2cc(Br)ccc2C)(C2CCC(C)CC2)N=C1N. The van der Waals surface area contributed by atoms with E-state index < -0.39 is 5.66 Å². The molecular weight excluding hydrogens is 338 g/mol. The molecule has 0 spiro atoms. The molecular formula is C18H24BrN3. The lowest BCUT2D eigenvalue weighted by atomic mass is 9.73. The topological polar surface area (TPSA) is 50.7 Å². The van der Waals surface area contributed by atoms with Crippen molar-refractivity contribution in [3.05, 3.63) is 33.8 Å². The predicted molar refractivity (Wildman–Crippen MR) is 96.4 cm³/mol. The summed E-state index contributed by atoms with van der Waals surface area (Å²) < 4.78 is 1.07. The Labute approximate surface area is 141 Å². The van der Waals surface area contributed by atoms with Gasteiger partial charge in [0.1, 0.15) is 5.84 Å². The molecule has 1 aromatic carbocycles. The molecule has 1 heterocycles. The third kappa shape index (κ3) is 2.62. The molecule has 0 radical (unpaired) electrons. The Balaban J connectivity index is 2.11. The van der Waals surface area contributed by atoms with Crippen molar-refractivity contribution in [3.8, 4) is 0 Å². The molecule has 118 valence electrons. The van der Waals surface area contributed by atoms with Crippen LogP contribution in [0.2, 0.25) is 0 Å². The number of hydrogen-bond acceptors (Lipinski definition) is 3.